The number of benzene rings is 2. The van der Waals surface area contributed by atoms with Crippen molar-refractivity contribution in [1.29, 1.82) is 0 Å². The zero-order valence-corrected chi connectivity index (χ0v) is 13.6. The molecular formula is C18H18F2N2O2. The topological polar surface area (TPSA) is 50.7 Å². The molecule has 0 unspecified atom stereocenters. The van der Waals surface area contributed by atoms with E-state index >= 15 is 0 Å². The number of alkyl halides is 2. The number of amides is 1. The van der Waals surface area contributed by atoms with Crippen LogP contribution < -0.4 is 10.2 Å². The molecule has 0 bridgehead atoms. The van der Waals surface area contributed by atoms with E-state index in [1.165, 1.54) is 6.07 Å². The predicted molar refractivity (Wildman–Crippen MR) is 88.7 cm³/mol. The van der Waals surface area contributed by atoms with Gasteiger partial charge in [-0.3, -0.25) is 4.79 Å². The van der Waals surface area contributed by atoms with E-state index in [1.807, 2.05) is 26.0 Å². The van der Waals surface area contributed by atoms with Crippen LogP contribution in [0.25, 0.3) is 0 Å². The maximum absolute atomic E-state index is 12.5. The van der Waals surface area contributed by atoms with Crippen LogP contribution in [-0.2, 0) is 0 Å². The van der Waals surface area contributed by atoms with Crippen LogP contribution in [0.1, 0.15) is 34.0 Å². The summed E-state index contributed by atoms with van der Waals surface area (Å²) in [6.45, 7) is 2.43. The Bertz CT molecular complexity index is 756. The van der Waals surface area contributed by atoms with E-state index in [-0.39, 0.29) is 11.7 Å². The van der Waals surface area contributed by atoms with Crippen LogP contribution in [0.15, 0.2) is 47.6 Å². The second-order valence-corrected chi connectivity index (χ2v) is 5.38. The van der Waals surface area contributed by atoms with Crippen molar-refractivity contribution in [2.75, 3.05) is 0 Å². The summed E-state index contributed by atoms with van der Waals surface area (Å²) in [4.78, 5) is 12.1. The van der Waals surface area contributed by atoms with Gasteiger partial charge in [0.05, 0.1) is 5.71 Å². The van der Waals surface area contributed by atoms with Gasteiger partial charge in [0.15, 0.2) is 0 Å². The van der Waals surface area contributed by atoms with Crippen molar-refractivity contribution in [1.82, 2.24) is 5.43 Å². The number of hydrazone groups is 1. The molecule has 1 N–H and O–H groups in total. The number of hydrogen-bond acceptors (Lipinski definition) is 3. The molecule has 0 radical (unpaired) electrons. The fraction of sp³-hybridized carbons (Fsp3) is 0.222. The largest absolute Gasteiger partial charge is 0.434 e. The van der Waals surface area contributed by atoms with Gasteiger partial charge in [-0.05, 0) is 45.0 Å². The zero-order valence-electron chi connectivity index (χ0n) is 13.6. The molecule has 1 amide bonds. The van der Waals surface area contributed by atoms with Crippen LogP contribution in [0.5, 0.6) is 5.75 Å². The summed E-state index contributed by atoms with van der Waals surface area (Å²) in [5.41, 5.74) is 5.57. The number of nitrogens with one attached hydrogen (secondary N) is 1. The summed E-state index contributed by atoms with van der Waals surface area (Å²) < 4.78 is 29.5. The van der Waals surface area contributed by atoms with Gasteiger partial charge in [0.1, 0.15) is 5.75 Å². The molecule has 126 valence electrons. The molecule has 0 fully saturated rings. The summed E-state index contributed by atoms with van der Waals surface area (Å²) in [6, 6.07) is 11.8. The van der Waals surface area contributed by atoms with Gasteiger partial charge < -0.3 is 4.74 Å². The molecular weight excluding hydrogens is 314 g/mol. The van der Waals surface area contributed by atoms with Gasteiger partial charge in [-0.2, -0.15) is 13.9 Å². The summed E-state index contributed by atoms with van der Waals surface area (Å²) >= 11 is 0. The van der Waals surface area contributed by atoms with Gasteiger partial charge in [-0.1, -0.05) is 29.3 Å². The molecule has 0 saturated heterocycles. The number of carbonyl (C=O) groups excluding carboxylic acids is 1. The van der Waals surface area contributed by atoms with Gasteiger partial charge in [0.2, 0.25) is 0 Å². The van der Waals surface area contributed by atoms with E-state index in [0.717, 1.165) is 11.1 Å². The Morgan fingerprint density at radius 2 is 1.71 bits per heavy atom. The number of aryl methyl sites for hydroxylation is 2. The summed E-state index contributed by atoms with van der Waals surface area (Å²) in [6.07, 6.45) is 0. The molecule has 0 spiro atoms. The van der Waals surface area contributed by atoms with E-state index in [1.54, 1.807) is 31.2 Å². The monoisotopic (exact) mass is 332 g/mol. The van der Waals surface area contributed by atoms with E-state index in [9.17, 15) is 13.6 Å². The molecule has 0 aromatic heterocycles. The second kappa shape index (κ2) is 7.68. The van der Waals surface area contributed by atoms with Gasteiger partial charge in [-0.15, -0.1) is 0 Å². The normalized spacial score (nSPS) is 11.5. The van der Waals surface area contributed by atoms with Crippen LogP contribution in [0, 0.1) is 13.8 Å². The van der Waals surface area contributed by atoms with Crippen LogP contribution in [0.4, 0.5) is 8.78 Å². The average Bonchev–Trinajstić information content (AvgIpc) is 2.54. The molecule has 2 rings (SSSR count). The highest BCUT2D eigenvalue weighted by molar-refractivity contribution is 6.02. The lowest BCUT2D eigenvalue weighted by molar-refractivity contribution is -0.0499. The van der Waals surface area contributed by atoms with E-state index in [2.05, 4.69) is 15.3 Å². The summed E-state index contributed by atoms with van der Waals surface area (Å²) in [7, 11) is 0. The highest BCUT2D eigenvalue weighted by atomic mass is 19.3. The Balaban J connectivity index is 2.19. The number of nitrogens with zero attached hydrogens (tertiary/aromatic N) is 1. The van der Waals surface area contributed by atoms with Crippen molar-refractivity contribution < 1.29 is 18.3 Å². The predicted octanol–water partition coefficient (Wildman–Crippen LogP) is 4.06. The van der Waals surface area contributed by atoms with Gasteiger partial charge in [0, 0.05) is 11.1 Å². The molecule has 24 heavy (non-hydrogen) atoms. The van der Waals surface area contributed by atoms with Crippen molar-refractivity contribution >= 4 is 11.6 Å². The first kappa shape index (κ1) is 17.6. The zero-order chi connectivity index (χ0) is 17.7. The van der Waals surface area contributed by atoms with Crippen LogP contribution in [0.3, 0.4) is 0 Å². The number of ether oxygens (including phenoxy) is 1. The number of halogens is 2. The molecule has 4 nitrogen and oxygen atoms in total. The van der Waals surface area contributed by atoms with E-state index in [4.69, 9.17) is 0 Å². The molecule has 0 aliphatic heterocycles. The molecule has 0 aliphatic rings. The van der Waals surface area contributed by atoms with E-state index in [0.29, 0.717) is 16.8 Å². The fourth-order valence-corrected chi connectivity index (χ4v) is 2.09. The lowest BCUT2D eigenvalue weighted by atomic mass is 10.1. The smallest absolute Gasteiger partial charge is 0.387 e. The molecule has 0 aliphatic carbocycles. The fourth-order valence-electron chi connectivity index (χ4n) is 2.09. The summed E-state index contributed by atoms with van der Waals surface area (Å²) in [5.74, 6) is -0.361. The van der Waals surface area contributed by atoms with Gasteiger partial charge in [-0.25, -0.2) is 5.43 Å². The summed E-state index contributed by atoms with van der Waals surface area (Å²) in [5, 5.41) is 3.99. The standard InChI is InChI=1S/C18H18F2N2O2/c1-11-4-7-14(8-5-11)17(23)22-21-13(3)15-10-12(2)6-9-16(15)24-18(19)20/h4-10,18H,1-3H3,(H,22,23)/b21-13-. The SMILES string of the molecule is C/C(=N/NC(=O)c1ccc(C)cc1)c1cc(C)ccc1OC(F)F. The molecule has 6 heteroatoms. The minimum atomic E-state index is -2.93. The molecule has 0 saturated carbocycles. The maximum Gasteiger partial charge on any atom is 0.387 e. The van der Waals surface area contributed by atoms with Crippen molar-refractivity contribution in [3.63, 3.8) is 0 Å². The third-order valence-corrected chi connectivity index (χ3v) is 3.38. The quantitative estimate of drug-likeness (QED) is 0.663. The highest BCUT2D eigenvalue weighted by Crippen LogP contribution is 2.22. The molecule has 0 atom stereocenters. The Labute approximate surface area is 139 Å². The first-order chi connectivity index (χ1) is 11.4. The van der Waals surface area contributed by atoms with Crippen molar-refractivity contribution in [2.24, 2.45) is 5.10 Å². The lowest BCUT2D eigenvalue weighted by Gasteiger charge is -2.11. The first-order valence-electron chi connectivity index (χ1n) is 7.34. The lowest BCUT2D eigenvalue weighted by Crippen LogP contribution is -2.19. The highest BCUT2D eigenvalue weighted by Gasteiger charge is 2.13. The number of carbonyl (C=O) groups is 1. The maximum atomic E-state index is 12.5. The minimum absolute atomic E-state index is 0.0152. The van der Waals surface area contributed by atoms with Crippen molar-refractivity contribution in [3.05, 3.63) is 64.7 Å². The van der Waals surface area contributed by atoms with Gasteiger partial charge >= 0.3 is 6.61 Å². The average molecular weight is 332 g/mol. The van der Waals surface area contributed by atoms with Crippen LogP contribution in [0.2, 0.25) is 0 Å². The number of hydrogen-bond donors (Lipinski definition) is 1. The van der Waals surface area contributed by atoms with Crippen LogP contribution in [-0.4, -0.2) is 18.2 Å². The minimum Gasteiger partial charge on any atom is -0.434 e. The van der Waals surface area contributed by atoms with E-state index < -0.39 is 6.61 Å². The third-order valence-electron chi connectivity index (χ3n) is 3.38. The second-order valence-electron chi connectivity index (χ2n) is 5.38. The van der Waals surface area contributed by atoms with Crippen molar-refractivity contribution in [3.8, 4) is 5.75 Å². The Morgan fingerprint density at radius 3 is 2.33 bits per heavy atom. The molecule has 2 aromatic carbocycles. The third kappa shape index (κ3) is 4.62. The Kier molecular flexibility index (Phi) is 5.63. The van der Waals surface area contributed by atoms with Gasteiger partial charge in [0.25, 0.3) is 5.91 Å². The Hall–Kier alpha value is -2.76. The van der Waals surface area contributed by atoms with Crippen LogP contribution >= 0.6 is 0 Å². The van der Waals surface area contributed by atoms with Crippen molar-refractivity contribution in [2.45, 2.75) is 27.4 Å². The molecule has 2 aromatic rings. The Morgan fingerprint density at radius 1 is 1.08 bits per heavy atom. The molecule has 0 heterocycles. The first-order valence-corrected chi connectivity index (χ1v) is 7.34. The number of rotatable bonds is 5.